The van der Waals surface area contributed by atoms with Gasteiger partial charge in [-0.25, -0.2) is 0 Å². The predicted molar refractivity (Wildman–Crippen MR) is 41.1 cm³/mol. The molecule has 0 saturated carbocycles. The van der Waals surface area contributed by atoms with E-state index >= 15 is 0 Å². The van der Waals surface area contributed by atoms with Gasteiger partial charge >= 0.3 is 0 Å². The van der Waals surface area contributed by atoms with E-state index in [9.17, 15) is 0 Å². The molecular formula is C7H17N2+. The zero-order valence-corrected chi connectivity index (χ0v) is 7.10. The molecule has 0 aromatic rings. The number of hydrogen-bond donors (Lipinski definition) is 0. The van der Waals surface area contributed by atoms with Gasteiger partial charge in [-0.3, -0.25) is 9.48 Å². The first-order valence-electron chi connectivity index (χ1n) is 3.31. The van der Waals surface area contributed by atoms with Crippen molar-refractivity contribution in [2.24, 2.45) is 0 Å². The molecule has 0 rings (SSSR count). The minimum absolute atomic E-state index is 1.07. The van der Waals surface area contributed by atoms with Crippen LogP contribution < -0.4 is 0 Å². The van der Waals surface area contributed by atoms with Gasteiger partial charge in [0.05, 0.1) is 27.7 Å². The van der Waals surface area contributed by atoms with Crippen molar-refractivity contribution in [2.75, 3.05) is 27.7 Å². The lowest BCUT2D eigenvalue weighted by Gasteiger charge is -2.09. The fourth-order valence-corrected chi connectivity index (χ4v) is 0.570. The third-order valence-electron chi connectivity index (χ3n) is 1.67. The first-order chi connectivity index (χ1) is 4.09. The fourth-order valence-electron chi connectivity index (χ4n) is 0.570. The first-order valence-corrected chi connectivity index (χ1v) is 3.31. The Morgan fingerprint density at radius 1 is 1.44 bits per heavy atom. The fraction of sp³-hybridized carbons (Fsp3) is 0.857. The van der Waals surface area contributed by atoms with E-state index in [1.54, 1.807) is 0 Å². The molecule has 0 bridgehead atoms. The Morgan fingerprint density at radius 3 is 2.00 bits per heavy atom. The monoisotopic (exact) mass is 129 g/mol. The molecule has 0 aromatic carbocycles. The molecule has 0 aliphatic carbocycles. The summed E-state index contributed by atoms with van der Waals surface area (Å²) < 4.78 is 2.11. The molecule has 0 fully saturated rings. The normalized spacial score (nSPS) is 9.00. The Kier molecular flexibility index (Phi) is 3.28. The molecule has 9 heavy (non-hydrogen) atoms. The standard InChI is InChI=1S/C7H17N2/c1-6-9(5)7(2)8(3)4/h6H2,1-5H3/q+1. The van der Waals surface area contributed by atoms with Crippen LogP contribution in [0.4, 0.5) is 0 Å². The minimum Gasteiger partial charge on any atom is -0.271 e. The van der Waals surface area contributed by atoms with Crippen molar-refractivity contribution in [3.63, 3.8) is 0 Å². The zero-order chi connectivity index (χ0) is 7.44. The Hall–Kier alpha value is -0.530. The Balaban J connectivity index is 4.02. The maximum absolute atomic E-state index is 2.21. The quantitative estimate of drug-likeness (QED) is 0.286. The van der Waals surface area contributed by atoms with E-state index in [1.165, 1.54) is 5.84 Å². The molecule has 2 heteroatoms. The maximum Gasteiger partial charge on any atom is 0.242 e. The van der Waals surface area contributed by atoms with Gasteiger partial charge in [0.2, 0.25) is 5.84 Å². The number of hydrogen-bond acceptors (Lipinski definition) is 0. The summed E-state index contributed by atoms with van der Waals surface area (Å²) in [5.74, 6) is 1.30. The first kappa shape index (κ1) is 8.47. The summed E-state index contributed by atoms with van der Waals surface area (Å²) in [5, 5.41) is 0. The van der Waals surface area contributed by atoms with Gasteiger partial charge in [0, 0.05) is 6.92 Å². The van der Waals surface area contributed by atoms with Gasteiger partial charge < -0.3 is 0 Å². The highest BCUT2D eigenvalue weighted by atomic mass is 15.2. The topological polar surface area (TPSA) is 6.25 Å². The Morgan fingerprint density at radius 2 is 1.89 bits per heavy atom. The smallest absolute Gasteiger partial charge is 0.242 e. The van der Waals surface area contributed by atoms with Crippen molar-refractivity contribution in [1.82, 2.24) is 4.90 Å². The summed E-state index contributed by atoms with van der Waals surface area (Å²) in [6.07, 6.45) is 0. The molecule has 0 unspecified atom stereocenters. The van der Waals surface area contributed by atoms with Crippen LogP contribution in [-0.2, 0) is 0 Å². The van der Waals surface area contributed by atoms with Crippen LogP contribution in [-0.4, -0.2) is 43.0 Å². The third-order valence-corrected chi connectivity index (χ3v) is 1.67. The van der Waals surface area contributed by atoms with Crippen LogP contribution in [0.15, 0.2) is 0 Å². The average Bonchev–Trinajstić information content (AvgIpc) is 1.84. The highest BCUT2D eigenvalue weighted by molar-refractivity contribution is 5.74. The third kappa shape index (κ3) is 2.49. The molecule has 0 N–H and O–H groups in total. The lowest BCUT2D eigenvalue weighted by Crippen LogP contribution is -2.29. The van der Waals surface area contributed by atoms with E-state index in [2.05, 4.69) is 44.5 Å². The molecular weight excluding hydrogens is 112 g/mol. The van der Waals surface area contributed by atoms with E-state index in [-0.39, 0.29) is 0 Å². The van der Waals surface area contributed by atoms with Gasteiger partial charge in [-0.2, -0.15) is 0 Å². The van der Waals surface area contributed by atoms with Crippen molar-refractivity contribution in [1.29, 1.82) is 0 Å². The summed E-state index contributed by atoms with van der Waals surface area (Å²) >= 11 is 0. The largest absolute Gasteiger partial charge is 0.271 e. The van der Waals surface area contributed by atoms with Gasteiger partial charge in [-0.1, -0.05) is 0 Å². The van der Waals surface area contributed by atoms with Crippen molar-refractivity contribution in [3.05, 3.63) is 0 Å². The molecule has 54 valence electrons. The van der Waals surface area contributed by atoms with Crippen LogP contribution in [0.25, 0.3) is 0 Å². The second-order valence-electron chi connectivity index (χ2n) is 2.46. The van der Waals surface area contributed by atoms with Gasteiger partial charge in [0.1, 0.15) is 0 Å². The second-order valence-corrected chi connectivity index (χ2v) is 2.46. The summed E-state index contributed by atoms with van der Waals surface area (Å²) in [6, 6.07) is 0. The van der Waals surface area contributed by atoms with E-state index in [0.29, 0.717) is 0 Å². The molecule has 0 aromatic heterocycles. The molecule has 0 radical (unpaired) electrons. The lowest BCUT2D eigenvalue weighted by molar-refractivity contribution is -0.470. The van der Waals surface area contributed by atoms with Crippen molar-refractivity contribution in [3.8, 4) is 0 Å². The van der Waals surface area contributed by atoms with E-state index in [0.717, 1.165) is 6.54 Å². The van der Waals surface area contributed by atoms with Gasteiger partial charge in [0.15, 0.2) is 0 Å². The average molecular weight is 129 g/mol. The summed E-state index contributed by atoms with van der Waals surface area (Å²) in [4.78, 5) is 2.21. The molecule has 0 aliphatic heterocycles. The van der Waals surface area contributed by atoms with E-state index in [1.807, 2.05) is 0 Å². The van der Waals surface area contributed by atoms with Crippen molar-refractivity contribution < 1.29 is 4.58 Å². The Bertz CT molecular complexity index is 112. The summed E-state index contributed by atoms with van der Waals surface area (Å²) in [5.41, 5.74) is 0. The van der Waals surface area contributed by atoms with Crippen LogP contribution >= 0.6 is 0 Å². The van der Waals surface area contributed by atoms with E-state index < -0.39 is 0 Å². The molecule has 0 aliphatic rings. The van der Waals surface area contributed by atoms with Gasteiger partial charge in [0.25, 0.3) is 0 Å². The second kappa shape index (κ2) is 3.49. The highest BCUT2D eigenvalue weighted by Gasteiger charge is 2.04. The lowest BCUT2D eigenvalue weighted by atomic mass is 10.5. The maximum atomic E-state index is 2.21. The van der Waals surface area contributed by atoms with Crippen LogP contribution in [0, 0.1) is 0 Å². The zero-order valence-electron chi connectivity index (χ0n) is 7.10. The number of rotatable bonds is 1. The molecule has 0 saturated heterocycles. The van der Waals surface area contributed by atoms with Crippen LogP contribution in [0.5, 0.6) is 0 Å². The number of amidine groups is 1. The van der Waals surface area contributed by atoms with Gasteiger partial charge in [-0.15, -0.1) is 0 Å². The molecule has 0 atom stereocenters. The summed E-state index contributed by atoms with van der Waals surface area (Å²) in [7, 11) is 6.21. The van der Waals surface area contributed by atoms with Crippen molar-refractivity contribution >= 4 is 5.84 Å². The molecule has 0 spiro atoms. The molecule has 0 heterocycles. The highest BCUT2D eigenvalue weighted by Crippen LogP contribution is 1.82. The van der Waals surface area contributed by atoms with Crippen LogP contribution in [0.3, 0.4) is 0 Å². The van der Waals surface area contributed by atoms with E-state index in [4.69, 9.17) is 0 Å². The molecule has 0 amide bonds. The predicted octanol–water partition coefficient (Wildman–Crippen LogP) is 0.629. The molecule has 2 nitrogen and oxygen atoms in total. The van der Waals surface area contributed by atoms with Crippen molar-refractivity contribution in [2.45, 2.75) is 13.8 Å². The minimum atomic E-state index is 1.07. The van der Waals surface area contributed by atoms with Crippen LogP contribution in [0.1, 0.15) is 13.8 Å². The SMILES string of the molecule is CCN(C)C(C)=[N+](C)C. The van der Waals surface area contributed by atoms with Crippen LogP contribution in [0.2, 0.25) is 0 Å². The summed E-state index contributed by atoms with van der Waals surface area (Å²) in [6.45, 7) is 5.33. The number of nitrogens with zero attached hydrogens (tertiary/aromatic N) is 2. The van der Waals surface area contributed by atoms with Gasteiger partial charge in [-0.05, 0) is 6.92 Å². The Labute approximate surface area is 57.8 Å².